The number of hydrogen-bond acceptors (Lipinski definition) is 9. The van der Waals surface area contributed by atoms with E-state index in [4.69, 9.17) is 9.97 Å². The number of aromatic hydroxyl groups is 1. The Balaban J connectivity index is 1.22. The molecular weight excluding hydrogens is 494 g/mol. The van der Waals surface area contributed by atoms with Crippen LogP contribution >= 0.6 is 0 Å². The molecule has 39 heavy (non-hydrogen) atoms. The zero-order valence-electron chi connectivity index (χ0n) is 21.9. The van der Waals surface area contributed by atoms with E-state index < -0.39 is 0 Å². The number of nitrogens with zero attached hydrogens (tertiary/aromatic N) is 8. The third-order valence-corrected chi connectivity index (χ3v) is 7.41. The lowest BCUT2D eigenvalue weighted by Crippen LogP contribution is -2.47. The first-order chi connectivity index (χ1) is 19.1. The molecule has 2 aliphatic rings. The minimum atomic E-state index is 0.220. The van der Waals surface area contributed by atoms with Gasteiger partial charge in [-0.1, -0.05) is 18.2 Å². The van der Waals surface area contributed by atoms with Crippen LogP contribution in [0.25, 0.3) is 11.2 Å². The molecule has 11 heteroatoms. The molecule has 0 bridgehead atoms. The third kappa shape index (κ3) is 5.57. The van der Waals surface area contributed by atoms with Crippen LogP contribution in [0.4, 0.5) is 17.6 Å². The van der Waals surface area contributed by atoms with Gasteiger partial charge in [-0.05, 0) is 42.7 Å². The summed E-state index contributed by atoms with van der Waals surface area (Å²) in [7, 11) is 0. The minimum absolute atomic E-state index is 0.220. The smallest absolute Gasteiger partial charge is 0.229 e. The van der Waals surface area contributed by atoms with Crippen molar-refractivity contribution in [2.24, 2.45) is 0 Å². The van der Waals surface area contributed by atoms with Gasteiger partial charge >= 0.3 is 0 Å². The lowest BCUT2D eigenvalue weighted by atomic mass is 10.1. The van der Waals surface area contributed by atoms with Crippen LogP contribution < -0.4 is 15.1 Å². The van der Waals surface area contributed by atoms with Crippen LogP contribution in [-0.4, -0.2) is 86.2 Å². The number of nitrogens with one attached hydrogen (secondary N) is 1. The zero-order chi connectivity index (χ0) is 26.6. The fourth-order valence-electron chi connectivity index (χ4n) is 5.19. The van der Waals surface area contributed by atoms with Gasteiger partial charge in [0, 0.05) is 65.0 Å². The number of phenols is 1. The average Bonchev–Trinajstić information content (AvgIpc) is 3.59. The molecule has 6 rings (SSSR count). The van der Waals surface area contributed by atoms with Gasteiger partial charge < -0.3 is 29.7 Å². The Labute approximate surface area is 227 Å². The van der Waals surface area contributed by atoms with Gasteiger partial charge in [-0.3, -0.25) is 4.79 Å². The summed E-state index contributed by atoms with van der Waals surface area (Å²) in [6.45, 7) is 6.00. The van der Waals surface area contributed by atoms with Crippen molar-refractivity contribution in [3.05, 3.63) is 60.6 Å². The fraction of sp³-hybridized carbons (Fsp3) is 0.393. The number of likely N-dealkylation sites (tertiary alicyclic amines) is 1. The summed E-state index contributed by atoms with van der Waals surface area (Å²) >= 11 is 0. The molecule has 2 saturated heterocycles. The second-order valence-electron chi connectivity index (χ2n) is 9.97. The number of carbonyl (C=O) groups is 1. The van der Waals surface area contributed by atoms with Gasteiger partial charge in [0.15, 0.2) is 17.0 Å². The van der Waals surface area contributed by atoms with Crippen LogP contribution in [0.1, 0.15) is 18.4 Å². The zero-order valence-corrected chi connectivity index (χ0v) is 21.9. The minimum Gasteiger partial charge on any atom is -0.508 e. The number of amides is 1. The largest absolute Gasteiger partial charge is 0.508 e. The topological polar surface area (TPSA) is 116 Å². The number of rotatable bonds is 9. The van der Waals surface area contributed by atoms with Crippen molar-refractivity contribution in [3.63, 3.8) is 0 Å². The van der Waals surface area contributed by atoms with Crippen molar-refractivity contribution in [1.82, 2.24) is 29.4 Å². The third-order valence-electron chi connectivity index (χ3n) is 7.41. The maximum Gasteiger partial charge on any atom is 0.229 e. The number of pyridine rings is 1. The number of aromatic nitrogens is 5. The van der Waals surface area contributed by atoms with E-state index in [1.165, 1.54) is 0 Å². The standard InChI is InChI=1S/C28H33N9O2/c38-22-8-6-21(7-9-22)10-12-30-26-25-27(37(20-31-25)19-16-35-13-3-5-24(35)39)33-28(32-26)36-17-14-34(15-18-36)23-4-1-2-11-29-23/h1-2,4,6-9,11,20,38H,3,5,10,12-19H2,(H,30,32,33). The molecule has 2 fully saturated rings. The Morgan fingerprint density at radius 3 is 2.46 bits per heavy atom. The van der Waals surface area contributed by atoms with E-state index in [1.807, 2.05) is 46.0 Å². The lowest BCUT2D eigenvalue weighted by Gasteiger charge is -2.35. The van der Waals surface area contributed by atoms with Gasteiger partial charge in [0.2, 0.25) is 11.9 Å². The summed E-state index contributed by atoms with van der Waals surface area (Å²) in [5.41, 5.74) is 2.62. The maximum atomic E-state index is 12.1. The lowest BCUT2D eigenvalue weighted by molar-refractivity contribution is -0.127. The molecule has 1 aromatic carbocycles. The highest BCUT2D eigenvalue weighted by Gasteiger charge is 2.24. The summed E-state index contributed by atoms with van der Waals surface area (Å²) in [5, 5.41) is 13.0. The highest BCUT2D eigenvalue weighted by molar-refractivity contribution is 5.84. The molecule has 11 nitrogen and oxygen atoms in total. The first-order valence-electron chi connectivity index (χ1n) is 13.6. The fourth-order valence-corrected chi connectivity index (χ4v) is 5.19. The second-order valence-corrected chi connectivity index (χ2v) is 9.97. The van der Waals surface area contributed by atoms with Crippen molar-refractivity contribution < 1.29 is 9.90 Å². The summed E-state index contributed by atoms with van der Waals surface area (Å²) in [6.07, 6.45) is 5.97. The maximum absolute atomic E-state index is 12.1. The van der Waals surface area contributed by atoms with Crippen molar-refractivity contribution >= 4 is 34.7 Å². The van der Waals surface area contributed by atoms with E-state index in [0.717, 1.165) is 68.1 Å². The van der Waals surface area contributed by atoms with E-state index in [9.17, 15) is 9.90 Å². The number of benzene rings is 1. The first-order valence-corrected chi connectivity index (χ1v) is 13.6. The SMILES string of the molecule is O=C1CCCN1CCn1cnc2c(NCCc3ccc(O)cc3)nc(N3CCN(c4ccccn4)CC3)nc21. The van der Waals surface area contributed by atoms with Gasteiger partial charge in [0.1, 0.15) is 11.6 Å². The number of anilines is 3. The van der Waals surface area contributed by atoms with Crippen LogP contribution in [0.2, 0.25) is 0 Å². The Kier molecular flexibility index (Phi) is 7.11. The number of phenolic OH excluding ortho intramolecular Hbond substituents is 1. The predicted molar refractivity (Wildman–Crippen MR) is 150 cm³/mol. The van der Waals surface area contributed by atoms with E-state index in [0.29, 0.717) is 37.8 Å². The molecule has 3 aromatic heterocycles. The molecule has 0 radical (unpaired) electrons. The molecule has 0 unspecified atom stereocenters. The number of hydrogen-bond donors (Lipinski definition) is 2. The van der Waals surface area contributed by atoms with Crippen molar-refractivity contribution in [3.8, 4) is 5.75 Å². The molecule has 0 spiro atoms. The molecule has 1 amide bonds. The Morgan fingerprint density at radius 1 is 0.897 bits per heavy atom. The number of imidazole rings is 1. The van der Waals surface area contributed by atoms with Gasteiger partial charge in [-0.2, -0.15) is 9.97 Å². The van der Waals surface area contributed by atoms with E-state index in [1.54, 1.807) is 18.5 Å². The number of fused-ring (bicyclic) bond motifs is 1. The first kappa shape index (κ1) is 24.9. The van der Waals surface area contributed by atoms with Crippen LogP contribution in [0, 0.1) is 0 Å². The summed E-state index contributed by atoms with van der Waals surface area (Å²) < 4.78 is 2.03. The number of carbonyl (C=O) groups excluding carboxylic acids is 1. The van der Waals surface area contributed by atoms with E-state index in [-0.39, 0.29) is 11.7 Å². The normalized spacial score (nSPS) is 15.9. The van der Waals surface area contributed by atoms with Gasteiger partial charge in [-0.15, -0.1) is 0 Å². The summed E-state index contributed by atoms with van der Waals surface area (Å²) in [6, 6.07) is 13.2. The Morgan fingerprint density at radius 2 is 1.72 bits per heavy atom. The second kappa shape index (κ2) is 11.1. The highest BCUT2D eigenvalue weighted by atomic mass is 16.3. The molecule has 2 N–H and O–H groups in total. The molecule has 0 atom stereocenters. The Hall–Kier alpha value is -4.41. The average molecular weight is 528 g/mol. The molecule has 2 aliphatic heterocycles. The molecule has 202 valence electrons. The van der Waals surface area contributed by atoms with Gasteiger partial charge in [0.05, 0.1) is 6.33 Å². The van der Waals surface area contributed by atoms with Crippen molar-refractivity contribution in [1.29, 1.82) is 0 Å². The van der Waals surface area contributed by atoms with E-state index in [2.05, 4.69) is 25.1 Å². The molecule has 5 heterocycles. The van der Waals surface area contributed by atoms with Crippen LogP contribution in [0.3, 0.4) is 0 Å². The Bertz CT molecular complexity index is 1420. The summed E-state index contributed by atoms with van der Waals surface area (Å²) in [5.74, 6) is 2.85. The van der Waals surface area contributed by atoms with Crippen molar-refractivity contribution in [2.75, 3.05) is 60.9 Å². The predicted octanol–water partition coefficient (Wildman–Crippen LogP) is 2.53. The molecule has 0 aliphatic carbocycles. The number of piperazine rings is 1. The van der Waals surface area contributed by atoms with Gasteiger partial charge in [0.25, 0.3) is 0 Å². The van der Waals surface area contributed by atoms with Crippen molar-refractivity contribution in [2.45, 2.75) is 25.8 Å². The highest BCUT2D eigenvalue weighted by Crippen LogP contribution is 2.25. The molecular formula is C28H33N9O2. The summed E-state index contributed by atoms with van der Waals surface area (Å²) in [4.78, 5) is 37.6. The molecule has 4 aromatic rings. The van der Waals surface area contributed by atoms with Crippen LogP contribution in [0.15, 0.2) is 55.0 Å². The quantitative estimate of drug-likeness (QED) is 0.339. The van der Waals surface area contributed by atoms with Crippen LogP contribution in [0.5, 0.6) is 5.75 Å². The van der Waals surface area contributed by atoms with Gasteiger partial charge in [-0.25, -0.2) is 9.97 Å². The van der Waals surface area contributed by atoms with Crippen LogP contribution in [-0.2, 0) is 17.8 Å². The van der Waals surface area contributed by atoms with E-state index >= 15 is 0 Å². The molecule has 0 saturated carbocycles. The monoisotopic (exact) mass is 527 g/mol.